The average molecular weight is 478 g/mol. The van der Waals surface area contributed by atoms with Gasteiger partial charge in [0.1, 0.15) is 17.0 Å². The molecule has 1 fully saturated rings. The van der Waals surface area contributed by atoms with Crippen molar-refractivity contribution in [3.05, 3.63) is 87.9 Å². The predicted octanol–water partition coefficient (Wildman–Crippen LogP) is 4.98. The van der Waals surface area contributed by atoms with Crippen LogP contribution in [0.15, 0.2) is 71.7 Å². The molecule has 33 heavy (non-hydrogen) atoms. The number of aromatic nitrogens is 2. The molecule has 7 nitrogen and oxygen atoms in total. The van der Waals surface area contributed by atoms with Gasteiger partial charge in [-0.25, -0.2) is 0 Å². The monoisotopic (exact) mass is 477 g/mol. The van der Waals surface area contributed by atoms with Gasteiger partial charge in [-0.3, -0.25) is 14.5 Å². The molecule has 1 aliphatic rings. The van der Waals surface area contributed by atoms with Crippen molar-refractivity contribution in [2.45, 2.75) is 6.04 Å². The molecule has 2 heterocycles. The third-order valence-electron chi connectivity index (χ3n) is 5.51. The molecule has 164 valence electrons. The van der Waals surface area contributed by atoms with E-state index in [2.05, 4.69) is 10.2 Å². The minimum Gasteiger partial charge on any atom is -0.507 e. The SMILES string of the molecule is COc1ccc2cc(/C(O)=C3\C(=O)C(=O)N(c4nncs4)C3c3ccc(Cl)cc3)ccc2c1. The number of nitrogens with zero attached hydrogens (tertiary/aromatic N) is 3. The van der Waals surface area contributed by atoms with E-state index < -0.39 is 17.7 Å². The highest BCUT2D eigenvalue weighted by Crippen LogP contribution is 2.43. The lowest BCUT2D eigenvalue weighted by molar-refractivity contribution is -0.132. The highest BCUT2D eigenvalue weighted by molar-refractivity contribution is 7.13. The number of halogens is 1. The van der Waals surface area contributed by atoms with Gasteiger partial charge in [-0.2, -0.15) is 0 Å². The van der Waals surface area contributed by atoms with Gasteiger partial charge in [0.05, 0.1) is 18.7 Å². The second kappa shape index (κ2) is 8.31. The minimum absolute atomic E-state index is 0.0228. The molecule has 1 saturated heterocycles. The van der Waals surface area contributed by atoms with Crippen molar-refractivity contribution in [1.29, 1.82) is 0 Å². The molecule has 3 aromatic carbocycles. The number of carbonyl (C=O) groups excluding carboxylic acids is 2. The molecular formula is C24H16ClN3O4S. The van der Waals surface area contributed by atoms with Gasteiger partial charge in [0.15, 0.2) is 0 Å². The molecule has 9 heteroatoms. The number of rotatable bonds is 4. The van der Waals surface area contributed by atoms with Crippen LogP contribution in [0.1, 0.15) is 17.2 Å². The number of methoxy groups -OCH3 is 1. The first-order valence-corrected chi connectivity index (χ1v) is 11.1. The fraction of sp³-hybridized carbons (Fsp3) is 0.0833. The summed E-state index contributed by atoms with van der Waals surface area (Å²) in [5.74, 6) is -1.13. The van der Waals surface area contributed by atoms with E-state index in [1.54, 1.807) is 43.5 Å². The molecule has 1 aliphatic heterocycles. The maximum absolute atomic E-state index is 13.1. The summed E-state index contributed by atoms with van der Waals surface area (Å²) in [4.78, 5) is 27.4. The normalized spacial score (nSPS) is 17.6. The van der Waals surface area contributed by atoms with Crippen molar-refractivity contribution in [2.75, 3.05) is 12.0 Å². The van der Waals surface area contributed by atoms with Gasteiger partial charge in [0.2, 0.25) is 5.13 Å². The Morgan fingerprint density at radius 3 is 2.48 bits per heavy atom. The number of fused-ring (bicyclic) bond motifs is 1. The Kier molecular flexibility index (Phi) is 5.32. The number of anilines is 1. The Labute approximate surface area is 197 Å². The van der Waals surface area contributed by atoms with Crippen LogP contribution in [0.25, 0.3) is 16.5 Å². The summed E-state index contributed by atoms with van der Waals surface area (Å²) in [6.45, 7) is 0. The number of hydrogen-bond acceptors (Lipinski definition) is 7. The largest absolute Gasteiger partial charge is 0.507 e. The Morgan fingerprint density at radius 2 is 1.79 bits per heavy atom. The maximum atomic E-state index is 13.1. The number of carbonyl (C=O) groups is 2. The molecule has 0 radical (unpaired) electrons. The highest BCUT2D eigenvalue weighted by Gasteiger charge is 2.48. The van der Waals surface area contributed by atoms with Gasteiger partial charge in [-0.1, -0.05) is 53.3 Å². The Hall–Kier alpha value is -3.75. The molecule has 1 aromatic heterocycles. The van der Waals surface area contributed by atoms with Crippen LogP contribution < -0.4 is 9.64 Å². The van der Waals surface area contributed by atoms with Gasteiger partial charge < -0.3 is 9.84 Å². The molecular weight excluding hydrogens is 462 g/mol. The van der Waals surface area contributed by atoms with Crippen LogP contribution in [-0.2, 0) is 9.59 Å². The molecule has 4 aromatic rings. The first-order chi connectivity index (χ1) is 16.0. The van der Waals surface area contributed by atoms with Crippen molar-refractivity contribution in [2.24, 2.45) is 0 Å². The van der Waals surface area contributed by atoms with Crippen LogP contribution >= 0.6 is 22.9 Å². The summed E-state index contributed by atoms with van der Waals surface area (Å²) in [6.07, 6.45) is 0. The summed E-state index contributed by atoms with van der Waals surface area (Å²) in [7, 11) is 1.59. The van der Waals surface area contributed by atoms with Crippen molar-refractivity contribution in [1.82, 2.24) is 10.2 Å². The zero-order valence-electron chi connectivity index (χ0n) is 17.2. The molecule has 1 N–H and O–H groups in total. The molecule has 0 bridgehead atoms. The summed E-state index contributed by atoms with van der Waals surface area (Å²) >= 11 is 7.18. The van der Waals surface area contributed by atoms with Crippen molar-refractivity contribution in [3.8, 4) is 5.75 Å². The Morgan fingerprint density at radius 1 is 1.06 bits per heavy atom. The quantitative estimate of drug-likeness (QED) is 0.253. The number of Topliss-reactive ketones (excluding diaryl/α,β-unsaturated/α-hetero) is 1. The highest BCUT2D eigenvalue weighted by atomic mass is 35.5. The zero-order valence-corrected chi connectivity index (χ0v) is 18.8. The first kappa shape index (κ1) is 21.1. The van der Waals surface area contributed by atoms with Crippen LogP contribution in [0.5, 0.6) is 5.75 Å². The van der Waals surface area contributed by atoms with Gasteiger partial charge in [0.25, 0.3) is 5.78 Å². The third kappa shape index (κ3) is 3.63. The van der Waals surface area contributed by atoms with Gasteiger partial charge in [-0.15, -0.1) is 10.2 Å². The molecule has 0 saturated carbocycles. The molecule has 0 spiro atoms. The van der Waals surface area contributed by atoms with Crippen LogP contribution in [0, 0.1) is 0 Å². The van der Waals surface area contributed by atoms with Gasteiger partial charge in [-0.05, 0) is 46.7 Å². The predicted molar refractivity (Wildman–Crippen MR) is 127 cm³/mol. The average Bonchev–Trinajstić information content (AvgIpc) is 3.45. The standard InChI is InChI=1S/C24H16ClN3O4S/c1-32-18-9-6-14-10-16(3-2-15(14)11-18)21(29)19-20(13-4-7-17(25)8-5-13)28(23(31)22(19)30)24-27-26-12-33-24/h2-12,20,29H,1H3/b21-19+. The Bertz CT molecular complexity index is 1420. The lowest BCUT2D eigenvalue weighted by Gasteiger charge is -2.22. The number of amides is 1. The maximum Gasteiger partial charge on any atom is 0.301 e. The van der Waals surface area contributed by atoms with Crippen molar-refractivity contribution >= 4 is 56.3 Å². The lowest BCUT2D eigenvalue weighted by atomic mass is 9.94. The summed E-state index contributed by atoms with van der Waals surface area (Å²) < 4.78 is 5.26. The van der Waals surface area contributed by atoms with Crippen molar-refractivity contribution in [3.63, 3.8) is 0 Å². The van der Waals surface area contributed by atoms with Crippen LogP contribution in [-0.4, -0.2) is 34.1 Å². The number of aliphatic hydroxyl groups excluding tert-OH is 1. The molecule has 1 atom stereocenters. The number of aliphatic hydroxyl groups is 1. The topological polar surface area (TPSA) is 92.6 Å². The molecule has 1 unspecified atom stereocenters. The second-order valence-corrected chi connectivity index (χ2v) is 8.62. The van der Waals surface area contributed by atoms with Crippen LogP contribution in [0.4, 0.5) is 5.13 Å². The number of ether oxygens (including phenoxy) is 1. The van der Waals surface area contributed by atoms with E-state index in [1.807, 2.05) is 24.3 Å². The summed E-state index contributed by atoms with van der Waals surface area (Å²) in [5, 5.41) is 21.6. The number of hydrogen-bond donors (Lipinski definition) is 1. The lowest BCUT2D eigenvalue weighted by Crippen LogP contribution is -2.29. The molecule has 5 rings (SSSR count). The van der Waals surface area contributed by atoms with E-state index in [0.717, 1.165) is 22.1 Å². The van der Waals surface area contributed by atoms with E-state index >= 15 is 0 Å². The van der Waals surface area contributed by atoms with Crippen LogP contribution in [0.3, 0.4) is 0 Å². The fourth-order valence-corrected chi connectivity index (χ4v) is 4.63. The third-order valence-corrected chi connectivity index (χ3v) is 6.45. The number of benzene rings is 3. The second-order valence-electron chi connectivity index (χ2n) is 7.37. The first-order valence-electron chi connectivity index (χ1n) is 9.89. The van der Waals surface area contributed by atoms with E-state index in [9.17, 15) is 14.7 Å². The molecule has 1 amide bonds. The summed E-state index contributed by atoms with van der Waals surface area (Å²) in [5.41, 5.74) is 2.48. The van der Waals surface area contributed by atoms with Crippen LogP contribution in [0.2, 0.25) is 5.02 Å². The van der Waals surface area contributed by atoms with Crippen molar-refractivity contribution < 1.29 is 19.4 Å². The number of ketones is 1. The Balaban J connectivity index is 1.69. The molecule has 0 aliphatic carbocycles. The van der Waals surface area contributed by atoms with Gasteiger partial charge in [0, 0.05) is 10.6 Å². The minimum atomic E-state index is -0.873. The van der Waals surface area contributed by atoms with E-state index in [1.165, 1.54) is 10.4 Å². The zero-order chi connectivity index (χ0) is 23.1. The summed E-state index contributed by atoms with van der Waals surface area (Å²) in [6, 6.07) is 16.7. The van der Waals surface area contributed by atoms with E-state index in [0.29, 0.717) is 21.9 Å². The van der Waals surface area contributed by atoms with E-state index in [4.69, 9.17) is 16.3 Å². The van der Waals surface area contributed by atoms with E-state index in [-0.39, 0.29) is 16.5 Å². The van der Waals surface area contributed by atoms with Gasteiger partial charge >= 0.3 is 5.91 Å². The fourth-order valence-electron chi connectivity index (χ4n) is 3.92. The smallest absolute Gasteiger partial charge is 0.301 e.